The maximum Gasteiger partial charge on any atom is 0.326 e. The van der Waals surface area contributed by atoms with Gasteiger partial charge in [0, 0.05) is 5.92 Å². The van der Waals surface area contributed by atoms with Crippen LogP contribution in [0.2, 0.25) is 0 Å². The first kappa shape index (κ1) is 16.8. The zero-order valence-corrected chi connectivity index (χ0v) is 13.3. The number of carboxylic acids is 1. The molecule has 0 heterocycles. The Morgan fingerprint density at radius 2 is 1.64 bits per heavy atom. The Hall–Kier alpha value is -1.59. The van der Waals surface area contributed by atoms with Gasteiger partial charge in [-0.25, -0.2) is 4.79 Å². The van der Waals surface area contributed by atoms with Crippen LogP contribution in [0.3, 0.4) is 0 Å². The largest absolute Gasteiger partial charge is 0.480 e. The fourth-order valence-electron chi connectivity index (χ4n) is 2.95. The normalized spacial score (nSPS) is 19.1. The van der Waals surface area contributed by atoms with Crippen molar-refractivity contribution in [1.82, 2.24) is 10.6 Å². The summed E-state index contributed by atoms with van der Waals surface area (Å²) in [5.74, 6) is -0.319. The lowest BCUT2D eigenvalue weighted by atomic mass is 9.97. The molecule has 2 rings (SSSR count). The van der Waals surface area contributed by atoms with Crippen LogP contribution in [0.5, 0.6) is 0 Å². The number of carboxylic acid groups (broad SMARTS) is 1. The Morgan fingerprint density at radius 1 is 1.09 bits per heavy atom. The molecule has 0 unspecified atom stereocenters. The number of amides is 2. The van der Waals surface area contributed by atoms with Crippen LogP contribution in [0.4, 0.5) is 0 Å². The van der Waals surface area contributed by atoms with Crippen molar-refractivity contribution in [3.8, 4) is 0 Å². The molecule has 1 atom stereocenters. The number of nitrogens with one attached hydrogen (secondary N) is 2. The molecule has 2 aliphatic carbocycles. The second-order valence-corrected chi connectivity index (χ2v) is 7.01. The average molecular weight is 310 g/mol. The van der Waals surface area contributed by atoms with Gasteiger partial charge in [-0.2, -0.15) is 0 Å². The van der Waals surface area contributed by atoms with E-state index in [-0.39, 0.29) is 24.3 Å². The van der Waals surface area contributed by atoms with Gasteiger partial charge in [-0.1, -0.05) is 13.8 Å². The minimum atomic E-state index is -1.04. The molecule has 2 aliphatic rings. The van der Waals surface area contributed by atoms with Crippen LogP contribution >= 0.6 is 0 Å². The number of carbonyl (C=O) groups excluding carboxylic acids is 2. The molecule has 0 aromatic carbocycles. The average Bonchev–Trinajstić information content (AvgIpc) is 3.29. The highest BCUT2D eigenvalue weighted by Crippen LogP contribution is 2.49. The Labute approximate surface area is 131 Å². The molecule has 0 saturated heterocycles. The van der Waals surface area contributed by atoms with Crippen LogP contribution in [-0.2, 0) is 14.4 Å². The van der Waals surface area contributed by atoms with Crippen molar-refractivity contribution < 1.29 is 19.5 Å². The van der Waals surface area contributed by atoms with E-state index in [1.54, 1.807) is 0 Å². The van der Waals surface area contributed by atoms with Gasteiger partial charge >= 0.3 is 5.97 Å². The summed E-state index contributed by atoms with van der Waals surface area (Å²) < 4.78 is 0. The summed E-state index contributed by atoms with van der Waals surface area (Å²) in [5, 5.41) is 14.3. The molecular formula is C16H26N2O4. The molecule has 124 valence electrons. The van der Waals surface area contributed by atoms with Crippen molar-refractivity contribution in [3.63, 3.8) is 0 Å². The van der Waals surface area contributed by atoms with Crippen LogP contribution in [0.1, 0.15) is 46.0 Å². The van der Waals surface area contributed by atoms with E-state index in [2.05, 4.69) is 10.6 Å². The van der Waals surface area contributed by atoms with Gasteiger partial charge < -0.3 is 15.7 Å². The van der Waals surface area contributed by atoms with Crippen LogP contribution in [0, 0.1) is 23.7 Å². The standard InChI is InChI=1S/C16H26N2O4/c1-9(2)7-12(16(21)22)18-13(19)8-17-15(20)14(10-3-4-10)11-5-6-11/h9-12,14H,3-8H2,1-2H3,(H,17,20)(H,18,19)(H,21,22)/t12-/m0/s1. The summed E-state index contributed by atoms with van der Waals surface area (Å²) in [5.41, 5.74) is 0. The van der Waals surface area contributed by atoms with Crippen molar-refractivity contribution in [2.75, 3.05) is 6.54 Å². The highest BCUT2D eigenvalue weighted by atomic mass is 16.4. The van der Waals surface area contributed by atoms with E-state index in [0.29, 0.717) is 18.3 Å². The van der Waals surface area contributed by atoms with Gasteiger partial charge in [0.1, 0.15) is 6.04 Å². The lowest BCUT2D eigenvalue weighted by Gasteiger charge is -2.18. The quantitative estimate of drug-likeness (QED) is 0.595. The minimum absolute atomic E-state index is 0.0455. The van der Waals surface area contributed by atoms with E-state index >= 15 is 0 Å². The topological polar surface area (TPSA) is 95.5 Å². The molecule has 6 nitrogen and oxygen atoms in total. The lowest BCUT2D eigenvalue weighted by molar-refractivity contribution is -0.142. The first-order valence-corrected chi connectivity index (χ1v) is 8.18. The van der Waals surface area contributed by atoms with Crippen molar-refractivity contribution >= 4 is 17.8 Å². The van der Waals surface area contributed by atoms with Crippen LogP contribution in [0.25, 0.3) is 0 Å². The van der Waals surface area contributed by atoms with E-state index in [0.717, 1.165) is 25.7 Å². The molecule has 2 fully saturated rings. The predicted octanol–water partition coefficient (Wildman–Crippen LogP) is 1.15. The molecule has 0 radical (unpaired) electrons. The van der Waals surface area contributed by atoms with E-state index in [9.17, 15) is 14.4 Å². The van der Waals surface area contributed by atoms with Gasteiger partial charge in [0.15, 0.2) is 0 Å². The van der Waals surface area contributed by atoms with E-state index in [4.69, 9.17) is 5.11 Å². The van der Waals surface area contributed by atoms with Gasteiger partial charge in [0.2, 0.25) is 11.8 Å². The SMILES string of the molecule is CC(C)C[C@H](NC(=O)CNC(=O)C(C1CC1)C1CC1)C(=O)O. The molecular weight excluding hydrogens is 284 g/mol. The third-order valence-electron chi connectivity index (χ3n) is 4.33. The summed E-state index contributed by atoms with van der Waals surface area (Å²) in [7, 11) is 0. The van der Waals surface area contributed by atoms with Gasteiger partial charge in [-0.3, -0.25) is 9.59 Å². The minimum Gasteiger partial charge on any atom is -0.480 e. The summed E-state index contributed by atoms with van der Waals surface area (Å²) in [6.45, 7) is 3.66. The Kier molecular flexibility index (Phi) is 5.42. The number of hydrogen-bond donors (Lipinski definition) is 3. The Bertz CT molecular complexity index is 429. The van der Waals surface area contributed by atoms with Gasteiger partial charge in [0.05, 0.1) is 6.54 Å². The fourth-order valence-corrected chi connectivity index (χ4v) is 2.95. The fraction of sp³-hybridized carbons (Fsp3) is 0.812. The Morgan fingerprint density at radius 3 is 2.05 bits per heavy atom. The maximum absolute atomic E-state index is 12.2. The zero-order valence-electron chi connectivity index (χ0n) is 13.3. The summed E-state index contributed by atoms with van der Waals surface area (Å²) in [6.07, 6.45) is 4.81. The smallest absolute Gasteiger partial charge is 0.326 e. The zero-order chi connectivity index (χ0) is 16.3. The molecule has 2 amide bonds. The van der Waals surface area contributed by atoms with Crippen molar-refractivity contribution in [2.24, 2.45) is 23.7 Å². The number of hydrogen-bond acceptors (Lipinski definition) is 3. The molecule has 0 aliphatic heterocycles. The molecule has 6 heteroatoms. The molecule has 3 N–H and O–H groups in total. The lowest BCUT2D eigenvalue weighted by Crippen LogP contribution is -2.47. The summed E-state index contributed by atoms with van der Waals surface area (Å²) in [4.78, 5) is 35.2. The maximum atomic E-state index is 12.2. The molecule has 0 bridgehead atoms. The highest BCUT2D eigenvalue weighted by molar-refractivity contribution is 5.88. The number of carbonyl (C=O) groups is 3. The first-order valence-electron chi connectivity index (χ1n) is 8.18. The molecule has 0 aromatic rings. The molecule has 22 heavy (non-hydrogen) atoms. The number of aliphatic carboxylic acids is 1. The van der Waals surface area contributed by atoms with Crippen LogP contribution < -0.4 is 10.6 Å². The Balaban J connectivity index is 1.76. The summed E-state index contributed by atoms with van der Waals surface area (Å²) >= 11 is 0. The van der Waals surface area contributed by atoms with Crippen LogP contribution in [-0.4, -0.2) is 35.5 Å². The van der Waals surface area contributed by atoms with E-state index < -0.39 is 17.9 Å². The van der Waals surface area contributed by atoms with E-state index in [1.807, 2.05) is 13.8 Å². The summed E-state index contributed by atoms with van der Waals surface area (Å²) in [6, 6.07) is -0.896. The number of rotatable bonds is 9. The van der Waals surface area contributed by atoms with E-state index in [1.165, 1.54) is 0 Å². The van der Waals surface area contributed by atoms with Crippen LogP contribution in [0.15, 0.2) is 0 Å². The third-order valence-corrected chi connectivity index (χ3v) is 4.33. The van der Waals surface area contributed by atoms with Gasteiger partial charge in [-0.05, 0) is 49.9 Å². The third kappa shape index (κ3) is 5.00. The molecule has 2 saturated carbocycles. The van der Waals surface area contributed by atoms with Crippen molar-refractivity contribution in [2.45, 2.75) is 52.0 Å². The molecule has 0 spiro atoms. The predicted molar refractivity (Wildman–Crippen MR) is 81.0 cm³/mol. The van der Waals surface area contributed by atoms with Crippen molar-refractivity contribution in [1.29, 1.82) is 0 Å². The molecule has 0 aromatic heterocycles. The second-order valence-electron chi connectivity index (χ2n) is 7.01. The monoisotopic (exact) mass is 310 g/mol. The highest BCUT2D eigenvalue weighted by Gasteiger charge is 2.45. The van der Waals surface area contributed by atoms with Gasteiger partial charge in [-0.15, -0.1) is 0 Å². The van der Waals surface area contributed by atoms with Crippen molar-refractivity contribution in [3.05, 3.63) is 0 Å². The second kappa shape index (κ2) is 7.11. The van der Waals surface area contributed by atoms with Gasteiger partial charge in [0.25, 0.3) is 0 Å². The first-order chi connectivity index (χ1) is 10.4.